The number of ether oxygens (including phenoxy) is 1. The van der Waals surface area contributed by atoms with Gasteiger partial charge >= 0.3 is 5.97 Å². The molecule has 1 aromatic carbocycles. The lowest BCUT2D eigenvalue weighted by atomic mass is 10.0. The lowest BCUT2D eigenvalue weighted by Crippen LogP contribution is -2.43. The molecule has 0 heterocycles. The van der Waals surface area contributed by atoms with E-state index in [0.717, 1.165) is 12.1 Å². The molecule has 2 atom stereocenters. The summed E-state index contributed by atoms with van der Waals surface area (Å²) >= 11 is 0. The number of methoxy groups -OCH3 is 1. The van der Waals surface area contributed by atoms with Gasteiger partial charge in [0.15, 0.2) is 0 Å². The van der Waals surface area contributed by atoms with E-state index < -0.39 is 35.5 Å². The van der Waals surface area contributed by atoms with Gasteiger partial charge in [-0.3, -0.25) is 4.79 Å². The van der Waals surface area contributed by atoms with Crippen LogP contribution in [-0.4, -0.2) is 25.0 Å². The number of nitrogens with zero attached hydrogens (tertiary/aromatic N) is 1. The molecule has 1 aromatic rings. The average molecular weight is 310 g/mol. The fourth-order valence-corrected chi connectivity index (χ4v) is 1.91. The van der Waals surface area contributed by atoms with Crippen molar-refractivity contribution in [3.63, 3.8) is 0 Å². The van der Waals surface area contributed by atoms with Crippen molar-refractivity contribution in [2.75, 3.05) is 7.11 Å². The Morgan fingerprint density at radius 3 is 2.41 bits per heavy atom. The van der Waals surface area contributed by atoms with E-state index in [1.54, 1.807) is 6.92 Å². The zero-order valence-corrected chi connectivity index (χ0v) is 12.2. The maximum absolute atomic E-state index is 13.1. The highest BCUT2D eigenvalue weighted by atomic mass is 19.1. The molecular weight excluding hydrogens is 294 g/mol. The van der Waals surface area contributed by atoms with Crippen LogP contribution >= 0.6 is 0 Å². The third-order valence-electron chi connectivity index (χ3n) is 2.92. The summed E-state index contributed by atoms with van der Waals surface area (Å²) in [6.07, 6.45) is -0.199. The normalized spacial score (nSPS) is 12.9. The first-order chi connectivity index (χ1) is 10.3. The quantitative estimate of drug-likeness (QED) is 0.811. The fraction of sp³-hybridized carbons (Fsp3) is 0.400. The van der Waals surface area contributed by atoms with Crippen molar-refractivity contribution in [2.45, 2.75) is 25.8 Å². The van der Waals surface area contributed by atoms with Crippen molar-refractivity contribution in [3.8, 4) is 6.07 Å². The van der Waals surface area contributed by atoms with Gasteiger partial charge in [-0.2, -0.15) is 5.26 Å². The van der Waals surface area contributed by atoms with E-state index in [4.69, 9.17) is 5.26 Å². The van der Waals surface area contributed by atoms with Crippen LogP contribution in [-0.2, 0) is 20.7 Å². The predicted molar refractivity (Wildman–Crippen MR) is 73.4 cm³/mol. The molecule has 22 heavy (non-hydrogen) atoms. The van der Waals surface area contributed by atoms with Crippen molar-refractivity contribution >= 4 is 11.9 Å². The minimum Gasteiger partial charge on any atom is -0.467 e. The number of benzene rings is 1. The SMILES string of the molecule is COC(=O)[C@@H](C[C@@H](C)C#N)NC(=O)Cc1cc(F)cc(F)c1. The smallest absolute Gasteiger partial charge is 0.328 e. The number of carbonyl (C=O) groups is 2. The molecule has 0 aromatic heterocycles. The van der Waals surface area contributed by atoms with Crippen LogP contribution in [0.1, 0.15) is 18.9 Å². The predicted octanol–water partition coefficient (Wildman–Crippen LogP) is 1.71. The number of hydrogen-bond donors (Lipinski definition) is 1. The first kappa shape index (κ1) is 17.6. The Labute approximate surface area is 126 Å². The third-order valence-corrected chi connectivity index (χ3v) is 2.92. The molecule has 5 nitrogen and oxygen atoms in total. The van der Waals surface area contributed by atoms with Gasteiger partial charge < -0.3 is 10.1 Å². The summed E-state index contributed by atoms with van der Waals surface area (Å²) in [6.45, 7) is 1.60. The molecule has 1 rings (SSSR count). The van der Waals surface area contributed by atoms with Crippen molar-refractivity contribution in [1.29, 1.82) is 5.26 Å². The summed E-state index contributed by atoms with van der Waals surface area (Å²) < 4.78 is 30.7. The highest BCUT2D eigenvalue weighted by Gasteiger charge is 2.24. The lowest BCUT2D eigenvalue weighted by Gasteiger charge is -2.17. The van der Waals surface area contributed by atoms with Crippen molar-refractivity contribution in [3.05, 3.63) is 35.4 Å². The molecule has 1 N–H and O–H groups in total. The third kappa shape index (κ3) is 5.48. The Bertz CT molecular complexity index is 579. The second-order valence-electron chi connectivity index (χ2n) is 4.86. The molecule has 0 saturated heterocycles. The molecule has 0 aliphatic heterocycles. The Morgan fingerprint density at radius 1 is 1.32 bits per heavy atom. The molecule has 7 heteroatoms. The number of carbonyl (C=O) groups excluding carboxylic acids is 2. The van der Waals surface area contributed by atoms with Crippen LogP contribution in [0.2, 0.25) is 0 Å². The molecule has 118 valence electrons. The van der Waals surface area contributed by atoms with E-state index in [0.29, 0.717) is 6.07 Å². The summed E-state index contributed by atoms with van der Waals surface area (Å²) in [7, 11) is 1.17. The van der Waals surface area contributed by atoms with Gasteiger partial charge in [-0.15, -0.1) is 0 Å². The van der Waals surface area contributed by atoms with Gasteiger partial charge in [-0.1, -0.05) is 0 Å². The molecule has 1 amide bonds. The molecule has 0 aliphatic rings. The van der Waals surface area contributed by atoms with Gasteiger partial charge in [0.1, 0.15) is 17.7 Å². The minimum absolute atomic E-state index is 0.0897. The van der Waals surface area contributed by atoms with E-state index in [1.807, 2.05) is 6.07 Å². The second kappa shape index (κ2) is 8.08. The highest BCUT2D eigenvalue weighted by Crippen LogP contribution is 2.10. The first-order valence-electron chi connectivity index (χ1n) is 6.57. The van der Waals surface area contributed by atoms with E-state index >= 15 is 0 Å². The second-order valence-corrected chi connectivity index (χ2v) is 4.86. The Hall–Kier alpha value is -2.49. The van der Waals surface area contributed by atoms with Crippen LogP contribution in [0.15, 0.2) is 18.2 Å². The van der Waals surface area contributed by atoms with Crippen LogP contribution in [0.4, 0.5) is 8.78 Å². The number of rotatable bonds is 6. The molecule has 0 bridgehead atoms. The summed E-state index contributed by atoms with van der Waals surface area (Å²) in [5, 5.41) is 11.2. The summed E-state index contributed by atoms with van der Waals surface area (Å²) in [4.78, 5) is 23.5. The Balaban J connectivity index is 2.74. The Kier molecular flexibility index (Phi) is 6.45. The van der Waals surface area contributed by atoms with E-state index in [2.05, 4.69) is 10.1 Å². The van der Waals surface area contributed by atoms with Crippen LogP contribution in [0, 0.1) is 28.9 Å². The van der Waals surface area contributed by atoms with Crippen molar-refractivity contribution < 1.29 is 23.1 Å². The first-order valence-corrected chi connectivity index (χ1v) is 6.57. The van der Waals surface area contributed by atoms with Gasteiger partial charge in [-0.25, -0.2) is 13.6 Å². The van der Waals surface area contributed by atoms with E-state index in [-0.39, 0.29) is 18.4 Å². The number of nitriles is 1. The lowest BCUT2D eigenvalue weighted by molar-refractivity contribution is -0.145. The van der Waals surface area contributed by atoms with Crippen molar-refractivity contribution in [2.24, 2.45) is 5.92 Å². The van der Waals surface area contributed by atoms with Crippen molar-refractivity contribution in [1.82, 2.24) is 5.32 Å². The molecule has 0 unspecified atom stereocenters. The van der Waals surface area contributed by atoms with Gasteiger partial charge in [0.25, 0.3) is 0 Å². The largest absolute Gasteiger partial charge is 0.467 e. The Morgan fingerprint density at radius 2 is 1.91 bits per heavy atom. The van der Waals surface area contributed by atoms with Crippen LogP contribution < -0.4 is 5.32 Å². The summed E-state index contributed by atoms with van der Waals surface area (Å²) in [6, 6.07) is 3.75. The topological polar surface area (TPSA) is 79.2 Å². The number of nitrogens with one attached hydrogen (secondary N) is 1. The molecule has 0 aliphatic carbocycles. The number of amides is 1. The summed E-state index contributed by atoms with van der Waals surface area (Å²) in [5.74, 6) is -3.31. The molecule has 0 saturated carbocycles. The standard InChI is InChI=1S/C15H16F2N2O3/c1-9(8-18)3-13(15(21)22-2)19-14(20)6-10-4-11(16)7-12(17)5-10/h4-5,7,9,13H,3,6H2,1-2H3,(H,19,20)/t9-,13-/m1/s1. The monoisotopic (exact) mass is 310 g/mol. The fourth-order valence-electron chi connectivity index (χ4n) is 1.91. The minimum atomic E-state index is -0.981. The zero-order valence-electron chi connectivity index (χ0n) is 12.2. The summed E-state index contributed by atoms with van der Waals surface area (Å²) in [5.41, 5.74) is 0.145. The maximum atomic E-state index is 13.1. The van der Waals surface area contributed by atoms with Crippen LogP contribution in [0.5, 0.6) is 0 Å². The van der Waals surface area contributed by atoms with Crippen LogP contribution in [0.3, 0.4) is 0 Å². The molecule has 0 fully saturated rings. The molecule has 0 spiro atoms. The van der Waals surface area contributed by atoms with Gasteiger partial charge in [0.2, 0.25) is 5.91 Å². The average Bonchev–Trinajstić information content (AvgIpc) is 2.44. The molecular formula is C15H16F2N2O3. The molecule has 0 radical (unpaired) electrons. The number of hydrogen-bond acceptors (Lipinski definition) is 4. The maximum Gasteiger partial charge on any atom is 0.328 e. The zero-order chi connectivity index (χ0) is 16.7. The van der Waals surface area contributed by atoms with Gasteiger partial charge in [0, 0.05) is 12.0 Å². The van der Waals surface area contributed by atoms with Gasteiger partial charge in [0.05, 0.1) is 19.6 Å². The van der Waals surface area contributed by atoms with Crippen LogP contribution in [0.25, 0.3) is 0 Å². The van der Waals surface area contributed by atoms with E-state index in [1.165, 1.54) is 7.11 Å². The highest BCUT2D eigenvalue weighted by molar-refractivity contribution is 5.85. The van der Waals surface area contributed by atoms with E-state index in [9.17, 15) is 18.4 Å². The number of esters is 1. The number of halogens is 2. The van der Waals surface area contributed by atoms with Gasteiger partial charge in [-0.05, 0) is 31.0 Å².